The van der Waals surface area contributed by atoms with E-state index in [1.807, 2.05) is 0 Å². The third-order valence-corrected chi connectivity index (χ3v) is 5.44. The summed E-state index contributed by atoms with van der Waals surface area (Å²) in [6.07, 6.45) is 1.37. The van der Waals surface area contributed by atoms with Crippen molar-refractivity contribution in [1.29, 1.82) is 0 Å². The van der Waals surface area contributed by atoms with E-state index in [2.05, 4.69) is 15.8 Å². The Balaban J connectivity index is 1.57. The van der Waals surface area contributed by atoms with Gasteiger partial charge >= 0.3 is 5.97 Å². The van der Waals surface area contributed by atoms with E-state index in [4.69, 9.17) is 28.4 Å². The summed E-state index contributed by atoms with van der Waals surface area (Å²) in [5.74, 6) is 0.281. The third-order valence-electron chi connectivity index (χ3n) is 5.44. The maximum absolute atomic E-state index is 12.5. The summed E-state index contributed by atoms with van der Waals surface area (Å²) in [7, 11) is 7.25. The number of carbonyl (C=O) groups is 3. The van der Waals surface area contributed by atoms with Crippen molar-refractivity contribution in [3.63, 3.8) is 0 Å². The number of nitrogens with one attached hydrogen (secondary N) is 2. The van der Waals surface area contributed by atoms with Crippen LogP contribution in [0.4, 0.5) is 0 Å². The van der Waals surface area contributed by atoms with Gasteiger partial charge in [0.15, 0.2) is 23.0 Å². The summed E-state index contributed by atoms with van der Waals surface area (Å²) in [5, 5.41) is 6.39. The highest BCUT2D eigenvalue weighted by atomic mass is 16.6. The molecule has 0 fully saturated rings. The number of ether oxygens (including phenoxy) is 6. The van der Waals surface area contributed by atoms with Gasteiger partial charge < -0.3 is 33.7 Å². The number of methoxy groups -OCH3 is 5. The molecule has 0 aromatic heterocycles. The Morgan fingerprint density at radius 3 is 2.08 bits per heavy atom. The van der Waals surface area contributed by atoms with Crippen LogP contribution in [-0.4, -0.2) is 66.1 Å². The lowest BCUT2D eigenvalue weighted by Gasteiger charge is -2.14. The lowest BCUT2D eigenvalue weighted by molar-refractivity contribution is -0.120. The molecule has 0 heterocycles. The van der Waals surface area contributed by atoms with E-state index < -0.39 is 17.8 Å². The second-order valence-electron chi connectivity index (χ2n) is 7.92. The van der Waals surface area contributed by atoms with Crippen molar-refractivity contribution in [2.75, 3.05) is 42.1 Å². The van der Waals surface area contributed by atoms with Crippen LogP contribution in [0.3, 0.4) is 0 Å². The Kier molecular flexibility index (Phi) is 10.3. The Bertz CT molecular complexity index is 1380. The largest absolute Gasteiger partial charge is 0.497 e. The van der Waals surface area contributed by atoms with E-state index in [-0.39, 0.29) is 23.6 Å². The molecule has 210 valence electrons. The first-order valence-electron chi connectivity index (χ1n) is 11.8. The normalized spacial score (nSPS) is 10.4. The Hall–Kier alpha value is -5.26. The van der Waals surface area contributed by atoms with E-state index in [0.717, 1.165) is 0 Å². The predicted octanol–water partition coefficient (Wildman–Crippen LogP) is 2.83. The van der Waals surface area contributed by atoms with Gasteiger partial charge in [0.25, 0.3) is 11.8 Å². The number of hydrogen-bond donors (Lipinski definition) is 2. The van der Waals surface area contributed by atoms with Gasteiger partial charge in [-0.05, 0) is 54.1 Å². The predicted molar refractivity (Wildman–Crippen MR) is 145 cm³/mol. The minimum Gasteiger partial charge on any atom is -0.497 e. The van der Waals surface area contributed by atoms with E-state index in [0.29, 0.717) is 34.1 Å². The van der Waals surface area contributed by atoms with Gasteiger partial charge in [-0.15, -0.1) is 0 Å². The summed E-state index contributed by atoms with van der Waals surface area (Å²) in [6, 6.07) is 14.2. The fourth-order valence-electron chi connectivity index (χ4n) is 3.45. The van der Waals surface area contributed by atoms with Crippen LogP contribution in [0.1, 0.15) is 26.3 Å². The summed E-state index contributed by atoms with van der Waals surface area (Å²) in [5.41, 5.74) is 3.41. The van der Waals surface area contributed by atoms with Gasteiger partial charge in [0.05, 0.1) is 53.9 Å². The number of hydrogen-bond acceptors (Lipinski definition) is 10. The molecule has 12 heteroatoms. The molecule has 0 atom stereocenters. The topological polar surface area (TPSA) is 143 Å². The number of benzene rings is 3. The molecule has 0 saturated carbocycles. The molecule has 0 unspecified atom stereocenters. The first-order chi connectivity index (χ1) is 19.3. The Morgan fingerprint density at radius 2 is 1.45 bits per heavy atom. The molecule has 0 aliphatic carbocycles. The summed E-state index contributed by atoms with van der Waals surface area (Å²) in [6.45, 7) is -0.338. The fourth-order valence-corrected chi connectivity index (χ4v) is 3.45. The first kappa shape index (κ1) is 29.3. The number of hydrazone groups is 1. The average molecular weight is 552 g/mol. The molecular formula is C28H29N3O9. The fraction of sp³-hybridized carbons (Fsp3) is 0.214. The lowest BCUT2D eigenvalue weighted by Crippen LogP contribution is -2.34. The smallest absolute Gasteiger partial charge is 0.343 e. The van der Waals surface area contributed by atoms with Gasteiger partial charge in [-0.1, -0.05) is 6.07 Å². The van der Waals surface area contributed by atoms with Gasteiger partial charge in [-0.25, -0.2) is 10.2 Å². The van der Waals surface area contributed by atoms with Crippen LogP contribution in [0.2, 0.25) is 0 Å². The Morgan fingerprint density at radius 1 is 0.750 bits per heavy atom. The van der Waals surface area contributed by atoms with Crippen LogP contribution in [0, 0.1) is 0 Å². The molecule has 0 radical (unpaired) electrons. The van der Waals surface area contributed by atoms with Crippen molar-refractivity contribution in [3.8, 4) is 34.5 Å². The third kappa shape index (κ3) is 7.40. The molecular weight excluding hydrogens is 522 g/mol. The second-order valence-corrected chi connectivity index (χ2v) is 7.92. The van der Waals surface area contributed by atoms with E-state index in [1.165, 1.54) is 60.0 Å². The van der Waals surface area contributed by atoms with Crippen LogP contribution < -0.4 is 39.2 Å². The van der Waals surface area contributed by atoms with Crippen molar-refractivity contribution >= 4 is 24.0 Å². The van der Waals surface area contributed by atoms with Crippen molar-refractivity contribution in [3.05, 3.63) is 71.3 Å². The monoisotopic (exact) mass is 551 g/mol. The zero-order valence-corrected chi connectivity index (χ0v) is 22.6. The number of amides is 2. The van der Waals surface area contributed by atoms with Gasteiger partial charge in [-0.3, -0.25) is 9.59 Å². The first-order valence-corrected chi connectivity index (χ1v) is 11.8. The standard InChI is InChI=1S/C28H29N3O9/c1-35-20-8-6-7-18(12-20)28(34)40-21-10-9-17(11-22(21)36-2)15-30-31-25(32)16-29-27(33)19-13-23(37-3)26(39-5)24(14-19)38-4/h6-15H,16H2,1-5H3,(H,29,33)(H,31,32)/b30-15+. The molecule has 0 aliphatic heterocycles. The van der Waals surface area contributed by atoms with E-state index in [1.54, 1.807) is 36.4 Å². The van der Waals surface area contributed by atoms with Crippen LogP contribution >= 0.6 is 0 Å². The van der Waals surface area contributed by atoms with E-state index >= 15 is 0 Å². The van der Waals surface area contributed by atoms with Gasteiger partial charge in [0, 0.05) is 5.56 Å². The maximum atomic E-state index is 12.5. The highest BCUT2D eigenvalue weighted by Crippen LogP contribution is 2.38. The van der Waals surface area contributed by atoms with Crippen LogP contribution in [0.5, 0.6) is 34.5 Å². The van der Waals surface area contributed by atoms with Gasteiger partial charge in [0.2, 0.25) is 5.75 Å². The lowest BCUT2D eigenvalue weighted by atomic mass is 10.1. The molecule has 3 aromatic carbocycles. The molecule has 40 heavy (non-hydrogen) atoms. The number of rotatable bonds is 12. The molecule has 3 aromatic rings. The minimum atomic E-state index is -0.584. The zero-order valence-electron chi connectivity index (χ0n) is 22.6. The van der Waals surface area contributed by atoms with Crippen molar-refractivity contribution in [2.24, 2.45) is 5.10 Å². The van der Waals surface area contributed by atoms with Crippen LogP contribution in [0.25, 0.3) is 0 Å². The van der Waals surface area contributed by atoms with Crippen molar-refractivity contribution in [2.45, 2.75) is 0 Å². The molecule has 2 amide bonds. The molecule has 0 bridgehead atoms. The zero-order chi connectivity index (χ0) is 29.1. The average Bonchev–Trinajstić information content (AvgIpc) is 2.99. The summed E-state index contributed by atoms with van der Waals surface area (Å²) in [4.78, 5) is 37.3. The molecule has 0 aliphatic rings. The van der Waals surface area contributed by atoms with Crippen LogP contribution in [-0.2, 0) is 4.79 Å². The quantitative estimate of drug-likeness (QED) is 0.150. The summed E-state index contributed by atoms with van der Waals surface area (Å²) >= 11 is 0. The molecule has 2 N–H and O–H groups in total. The van der Waals surface area contributed by atoms with Gasteiger partial charge in [-0.2, -0.15) is 5.10 Å². The van der Waals surface area contributed by atoms with E-state index in [9.17, 15) is 14.4 Å². The molecule has 0 saturated heterocycles. The number of esters is 1. The van der Waals surface area contributed by atoms with Crippen molar-refractivity contribution in [1.82, 2.24) is 10.7 Å². The highest BCUT2D eigenvalue weighted by Gasteiger charge is 2.18. The van der Waals surface area contributed by atoms with Crippen LogP contribution in [0.15, 0.2) is 59.7 Å². The molecule has 3 rings (SSSR count). The summed E-state index contributed by atoms with van der Waals surface area (Å²) < 4.78 is 31.6. The molecule has 12 nitrogen and oxygen atoms in total. The molecule has 0 spiro atoms. The highest BCUT2D eigenvalue weighted by molar-refractivity contribution is 5.97. The van der Waals surface area contributed by atoms with Crippen molar-refractivity contribution < 1.29 is 42.8 Å². The second kappa shape index (κ2) is 14.0. The van der Waals surface area contributed by atoms with Gasteiger partial charge in [0.1, 0.15) is 5.75 Å². The number of nitrogens with zero attached hydrogens (tertiary/aromatic N) is 1. The Labute approximate surface area is 230 Å². The minimum absolute atomic E-state index is 0.200. The number of carbonyl (C=O) groups excluding carboxylic acids is 3. The SMILES string of the molecule is COc1cccc(C(=O)Oc2ccc(/C=N/NC(=O)CNC(=O)c3cc(OC)c(OC)c(OC)c3)cc2OC)c1. The maximum Gasteiger partial charge on any atom is 0.343 e.